The van der Waals surface area contributed by atoms with Gasteiger partial charge in [-0.25, -0.2) is 0 Å². The molecular formula is C24H31N3O3. The number of aromatic nitrogens is 1. The second-order valence-electron chi connectivity index (χ2n) is 7.79. The molecule has 3 atom stereocenters. The van der Waals surface area contributed by atoms with Gasteiger partial charge in [0.1, 0.15) is 5.75 Å². The zero-order valence-corrected chi connectivity index (χ0v) is 18.0. The number of piperidine rings is 1. The van der Waals surface area contributed by atoms with Gasteiger partial charge in [-0.05, 0) is 37.5 Å². The van der Waals surface area contributed by atoms with Crippen molar-refractivity contribution in [2.75, 3.05) is 13.7 Å². The average Bonchev–Trinajstić information content (AvgIpc) is 2.78. The lowest BCUT2D eigenvalue weighted by Crippen LogP contribution is -2.48. The molecule has 0 spiro atoms. The Labute approximate surface area is 178 Å². The molecule has 1 N–H and O–H groups in total. The smallest absolute Gasteiger partial charge is 0.226 e. The molecule has 6 heteroatoms. The summed E-state index contributed by atoms with van der Waals surface area (Å²) in [4.78, 5) is 32.2. The molecule has 160 valence electrons. The highest BCUT2D eigenvalue weighted by Gasteiger charge is 2.41. The van der Waals surface area contributed by atoms with Gasteiger partial charge in [-0.1, -0.05) is 37.6 Å². The summed E-state index contributed by atoms with van der Waals surface area (Å²) >= 11 is 0. The predicted octanol–water partition coefficient (Wildman–Crippen LogP) is 4.05. The van der Waals surface area contributed by atoms with E-state index in [1.165, 1.54) is 0 Å². The van der Waals surface area contributed by atoms with Crippen LogP contribution in [0.2, 0.25) is 0 Å². The third-order valence-electron chi connectivity index (χ3n) is 5.80. The molecule has 1 aliphatic heterocycles. The van der Waals surface area contributed by atoms with Crippen LogP contribution in [0.15, 0.2) is 48.8 Å². The Bertz CT molecular complexity index is 856. The number of pyridine rings is 1. The number of rotatable bonds is 8. The normalized spacial score (nSPS) is 20.0. The minimum atomic E-state index is -0.338. The van der Waals surface area contributed by atoms with Crippen LogP contribution in [0.1, 0.15) is 62.7 Å². The van der Waals surface area contributed by atoms with Gasteiger partial charge in [0, 0.05) is 30.9 Å². The quantitative estimate of drug-likeness (QED) is 0.714. The Hall–Kier alpha value is -2.89. The Morgan fingerprint density at radius 1 is 1.30 bits per heavy atom. The molecule has 2 aromatic rings. The van der Waals surface area contributed by atoms with Crippen molar-refractivity contribution in [3.8, 4) is 5.75 Å². The summed E-state index contributed by atoms with van der Waals surface area (Å²) in [5, 5.41) is 3.14. The number of methoxy groups -OCH3 is 1. The van der Waals surface area contributed by atoms with Crippen molar-refractivity contribution in [1.82, 2.24) is 15.2 Å². The number of amides is 2. The Morgan fingerprint density at radius 2 is 2.10 bits per heavy atom. The first-order chi connectivity index (χ1) is 14.6. The predicted molar refractivity (Wildman–Crippen MR) is 116 cm³/mol. The first kappa shape index (κ1) is 21.8. The Morgan fingerprint density at radius 3 is 2.80 bits per heavy atom. The van der Waals surface area contributed by atoms with Crippen LogP contribution >= 0.6 is 0 Å². The van der Waals surface area contributed by atoms with Gasteiger partial charge in [0.05, 0.1) is 25.1 Å². The number of carbonyl (C=O) groups excluding carboxylic acids is 2. The number of unbranched alkanes of at least 4 members (excludes halogenated alkanes) is 1. The van der Waals surface area contributed by atoms with Crippen LogP contribution in [0.5, 0.6) is 5.75 Å². The summed E-state index contributed by atoms with van der Waals surface area (Å²) < 4.78 is 5.59. The van der Waals surface area contributed by atoms with Crippen molar-refractivity contribution in [3.63, 3.8) is 0 Å². The lowest BCUT2D eigenvalue weighted by Gasteiger charge is -2.41. The largest absolute Gasteiger partial charge is 0.496 e. The van der Waals surface area contributed by atoms with E-state index in [1.807, 2.05) is 48.2 Å². The first-order valence-electron chi connectivity index (χ1n) is 10.7. The monoisotopic (exact) mass is 409 g/mol. The van der Waals surface area contributed by atoms with E-state index in [-0.39, 0.29) is 29.8 Å². The van der Waals surface area contributed by atoms with E-state index in [2.05, 4.69) is 17.2 Å². The van der Waals surface area contributed by atoms with Gasteiger partial charge in [-0.15, -0.1) is 0 Å². The van der Waals surface area contributed by atoms with Gasteiger partial charge >= 0.3 is 0 Å². The number of benzene rings is 1. The molecule has 30 heavy (non-hydrogen) atoms. The van der Waals surface area contributed by atoms with Crippen molar-refractivity contribution < 1.29 is 14.3 Å². The number of para-hydroxylation sites is 1. The van der Waals surface area contributed by atoms with E-state index < -0.39 is 0 Å². The van der Waals surface area contributed by atoms with E-state index in [1.54, 1.807) is 19.5 Å². The first-order valence-corrected chi connectivity index (χ1v) is 10.7. The van der Waals surface area contributed by atoms with Crippen LogP contribution in [0.25, 0.3) is 0 Å². The molecule has 0 saturated carbocycles. The Kier molecular flexibility index (Phi) is 7.44. The van der Waals surface area contributed by atoms with Crippen LogP contribution in [0, 0.1) is 5.92 Å². The molecule has 1 aromatic heterocycles. The maximum Gasteiger partial charge on any atom is 0.226 e. The Balaban J connectivity index is 1.91. The summed E-state index contributed by atoms with van der Waals surface area (Å²) in [7, 11) is 1.62. The highest BCUT2D eigenvalue weighted by molar-refractivity contribution is 5.85. The molecule has 1 aliphatic rings. The highest BCUT2D eigenvalue weighted by Crippen LogP contribution is 2.41. The van der Waals surface area contributed by atoms with Crippen LogP contribution in [0.4, 0.5) is 0 Å². The minimum Gasteiger partial charge on any atom is -0.496 e. The van der Waals surface area contributed by atoms with Crippen LogP contribution in [-0.2, 0) is 9.59 Å². The molecule has 0 bridgehead atoms. The number of nitrogens with one attached hydrogen (secondary N) is 1. The fourth-order valence-electron chi connectivity index (χ4n) is 4.15. The van der Waals surface area contributed by atoms with Gasteiger partial charge in [-0.3, -0.25) is 14.6 Å². The summed E-state index contributed by atoms with van der Waals surface area (Å²) in [6, 6.07) is 11.0. The maximum atomic E-state index is 13.4. The van der Waals surface area contributed by atoms with E-state index in [4.69, 9.17) is 4.74 Å². The molecule has 2 amide bonds. The van der Waals surface area contributed by atoms with Gasteiger partial charge in [0.15, 0.2) is 0 Å². The lowest BCUT2D eigenvalue weighted by atomic mass is 9.82. The van der Waals surface area contributed by atoms with Gasteiger partial charge in [0.2, 0.25) is 11.8 Å². The molecule has 1 fully saturated rings. The van der Waals surface area contributed by atoms with Gasteiger partial charge < -0.3 is 15.0 Å². The third kappa shape index (κ3) is 4.81. The second-order valence-corrected chi connectivity index (χ2v) is 7.79. The van der Waals surface area contributed by atoms with Gasteiger partial charge in [0.25, 0.3) is 0 Å². The minimum absolute atomic E-state index is 0.0451. The fraction of sp³-hybridized carbons (Fsp3) is 0.458. The molecule has 0 radical (unpaired) electrons. The topological polar surface area (TPSA) is 71.5 Å². The molecule has 3 unspecified atom stereocenters. The summed E-state index contributed by atoms with van der Waals surface area (Å²) in [5.41, 5.74) is 1.84. The van der Waals surface area contributed by atoms with Crippen molar-refractivity contribution in [2.45, 2.75) is 51.6 Å². The summed E-state index contributed by atoms with van der Waals surface area (Å²) in [6.07, 6.45) is 6.27. The number of ether oxygens (including phenoxy) is 1. The second kappa shape index (κ2) is 10.2. The van der Waals surface area contributed by atoms with Crippen molar-refractivity contribution >= 4 is 11.8 Å². The summed E-state index contributed by atoms with van der Waals surface area (Å²) in [5.74, 6) is 0.423. The molecule has 6 nitrogen and oxygen atoms in total. The highest BCUT2D eigenvalue weighted by atomic mass is 16.5. The molecular weight excluding hydrogens is 378 g/mol. The van der Waals surface area contributed by atoms with Crippen LogP contribution < -0.4 is 10.1 Å². The molecule has 1 saturated heterocycles. The SMILES string of the molecule is CCCCN1C(=O)CCC(C(=O)NC(C)c2cccnc2)C1c1ccccc1OC. The van der Waals surface area contributed by atoms with E-state index in [0.717, 1.165) is 24.0 Å². The fourth-order valence-corrected chi connectivity index (χ4v) is 4.15. The van der Waals surface area contributed by atoms with Crippen molar-refractivity contribution in [3.05, 3.63) is 59.9 Å². The zero-order chi connectivity index (χ0) is 21.5. The van der Waals surface area contributed by atoms with Crippen molar-refractivity contribution in [2.24, 2.45) is 5.92 Å². The number of likely N-dealkylation sites (tertiary alicyclic amines) is 1. The van der Waals surface area contributed by atoms with E-state index in [0.29, 0.717) is 25.1 Å². The number of hydrogen-bond acceptors (Lipinski definition) is 4. The standard InChI is InChI=1S/C24H31N3O3/c1-4-5-15-27-22(28)13-12-20(23(27)19-10-6-7-11-21(19)30-3)24(29)26-17(2)18-9-8-14-25-16-18/h6-11,14,16-17,20,23H,4-5,12-13,15H2,1-3H3,(H,26,29). The number of nitrogens with zero attached hydrogens (tertiary/aromatic N) is 2. The maximum absolute atomic E-state index is 13.4. The molecule has 2 heterocycles. The van der Waals surface area contributed by atoms with Crippen LogP contribution in [-0.4, -0.2) is 35.4 Å². The number of carbonyl (C=O) groups is 2. The van der Waals surface area contributed by atoms with Gasteiger partial charge in [-0.2, -0.15) is 0 Å². The molecule has 1 aromatic carbocycles. The molecule has 3 rings (SSSR count). The number of hydrogen-bond donors (Lipinski definition) is 1. The average molecular weight is 410 g/mol. The summed E-state index contributed by atoms with van der Waals surface area (Å²) in [6.45, 7) is 4.70. The van der Waals surface area contributed by atoms with E-state index in [9.17, 15) is 9.59 Å². The third-order valence-corrected chi connectivity index (χ3v) is 5.80. The zero-order valence-electron chi connectivity index (χ0n) is 18.0. The molecule has 0 aliphatic carbocycles. The van der Waals surface area contributed by atoms with E-state index >= 15 is 0 Å². The lowest BCUT2D eigenvalue weighted by molar-refractivity contribution is -0.143. The van der Waals surface area contributed by atoms with Crippen LogP contribution in [0.3, 0.4) is 0 Å². The van der Waals surface area contributed by atoms with Crippen molar-refractivity contribution in [1.29, 1.82) is 0 Å².